The van der Waals surface area contributed by atoms with Crippen molar-refractivity contribution in [1.29, 1.82) is 0 Å². The Kier molecular flexibility index (Phi) is 4.01. The standard InChI is InChI=1S/C12H16N6O3/c1-4-16-7-10(18(20)21)11(15-16)12(19)14-9-6-13-17(5-2)8(9)3/h6-7H,4-5H2,1-3H3,(H,14,19). The van der Waals surface area contributed by atoms with Crippen molar-refractivity contribution in [2.45, 2.75) is 33.9 Å². The van der Waals surface area contributed by atoms with E-state index in [0.29, 0.717) is 18.8 Å². The number of nitrogens with zero attached hydrogens (tertiary/aromatic N) is 5. The third-order valence-corrected chi connectivity index (χ3v) is 3.13. The van der Waals surface area contributed by atoms with Gasteiger partial charge in [-0.15, -0.1) is 0 Å². The molecule has 0 unspecified atom stereocenters. The van der Waals surface area contributed by atoms with E-state index in [4.69, 9.17) is 0 Å². The average Bonchev–Trinajstić information content (AvgIpc) is 3.03. The molecule has 2 heterocycles. The molecule has 0 atom stereocenters. The Hall–Kier alpha value is -2.71. The first kappa shape index (κ1) is 14.7. The molecule has 9 heteroatoms. The Balaban J connectivity index is 2.29. The van der Waals surface area contributed by atoms with Gasteiger partial charge in [-0.25, -0.2) is 0 Å². The number of rotatable bonds is 5. The molecule has 9 nitrogen and oxygen atoms in total. The summed E-state index contributed by atoms with van der Waals surface area (Å²) >= 11 is 0. The first-order valence-electron chi connectivity index (χ1n) is 6.53. The van der Waals surface area contributed by atoms with E-state index >= 15 is 0 Å². The summed E-state index contributed by atoms with van der Waals surface area (Å²) in [6.07, 6.45) is 2.76. The lowest BCUT2D eigenvalue weighted by Gasteiger charge is -2.03. The smallest absolute Gasteiger partial charge is 0.317 e. The highest BCUT2D eigenvalue weighted by molar-refractivity contribution is 6.05. The molecule has 0 aliphatic rings. The molecular weight excluding hydrogens is 276 g/mol. The van der Waals surface area contributed by atoms with Gasteiger partial charge in [0.1, 0.15) is 6.20 Å². The zero-order valence-electron chi connectivity index (χ0n) is 12.0. The number of aromatic nitrogens is 4. The van der Waals surface area contributed by atoms with Crippen LogP contribution in [0.15, 0.2) is 12.4 Å². The summed E-state index contributed by atoms with van der Waals surface area (Å²) in [5.41, 5.74) is 0.783. The van der Waals surface area contributed by atoms with Gasteiger partial charge in [0.25, 0.3) is 5.91 Å². The molecule has 1 N–H and O–H groups in total. The number of amides is 1. The molecule has 0 fully saturated rings. The van der Waals surface area contributed by atoms with E-state index in [-0.39, 0.29) is 11.4 Å². The van der Waals surface area contributed by atoms with Gasteiger partial charge in [-0.05, 0) is 20.8 Å². The first-order valence-corrected chi connectivity index (χ1v) is 6.53. The summed E-state index contributed by atoms with van der Waals surface area (Å²) < 4.78 is 3.07. The van der Waals surface area contributed by atoms with Gasteiger partial charge in [-0.3, -0.25) is 24.3 Å². The van der Waals surface area contributed by atoms with Crippen molar-refractivity contribution in [1.82, 2.24) is 19.6 Å². The Morgan fingerprint density at radius 1 is 1.43 bits per heavy atom. The number of hydrogen-bond acceptors (Lipinski definition) is 5. The van der Waals surface area contributed by atoms with Crippen molar-refractivity contribution >= 4 is 17.3 Å². The second kappa shape index (κ2) is 5.73. The van der Waals surface area contributed by atoms with Gasteiger partial charge in [0.2, 0.25) is 5.69 Å². The molecule has 0 aromatic carbocycles. The van der Waals surface area contributed by atoms with Crippen molar-refractivity contribution < 1.29 is 9.72 Å². The van der Waals surface area contributed by atoms with Crippen molar-refractivity contribution in [3.05, 3.63) is 33.9 Å². The van der Waals surface area contributed by atoms with E-state index in [1.165, 1.54) is 17.1 Å². The van der Waals surface area contributed by atoms with Crippen LogP contribution < -0.4 is 5.32 Å². The molecule has 1 amide bonds. The van der Waals surface area contributed by atoms with E-state index in [0.717, 1.165) is 5.69 Å². The van der Waals surface area contributed by atoms with Gasteiger partial charge in [0.15, 0.2) is 0 Å². The van der Waals surface area contributed by atoms with Crippen LogP contribution >= 0.6 is 0 Å². The van der Waals surface area contributed by atoms with Gasteiger partial charge in [0.05, 0.1) is 22.5 Å². The van der Waals surface area contributed by atoms with Gasteiger partial charge >= 0.3 is 5.69 Å². The molecule has 0 aliphatic heterocycles. The van der Waals surface area contributed by atoms with Crippen LogP contribution in [0, 0.1) is 17.0 Å². The van der Waals surface area contributed by atoms with Gasteiger partial charge < -0.3 is 5.32 Å². The third-order valence-electron chi connectivity index (χ3n) is 3.13. The minimum absolute atomic E-state index is 0.203. The summed E-state index contributed by atoms with van der Waals surface area (Å²) in [5, 5.41) is 21.6. The summed E-state index contributed by atoms with van der Waals surface area (Å²) in [7, 11) is 0. The fourth-order valence-electron chi connectivity index (χ4n) is 1.94. The molecule has 0 aliphatic carbocycles. The van der Waals surface area contributed by atoms with E-state index in [2.05, 4.69) is 15.5 Å². The van der Waals surface area contributed by atoms with Crippen LogP contribution in [-0.2, 0) is 13.1 Å². The topological polar surface area (TPSA) is 108 Å². The lowest BCUT2D eigenvalue weighted by atomic mass is 10.3. The number of anilines is 1. The average molecular weight is 292 g/mol. The molecule has 2 rings (SSSR count). The number of nitrogens with one attached hydrogen (secondary N) is 1. The second-order valence-corrected chi connectivity index (χ2v) is 4.39. The summed E-state index contributed by atoms with van der Waals surface area (Å²) in [6, 6.07) is 0. The predicted molar refractivity (Wildman–Crippen MR) is 75.1 cm³/mol. The van der Waals surface area contributed by atoms with E-state index in [9.17, 15) is 14.9 Å². The molecule has 21 heavy (non-hydrogen) atoms. The SMILES string of the molecule is CCn1cc([N+](=O)[O-])c(C(=O)Nc2cnn(CC)c2C)n1. The highest BCUT2D eigenvalue weighted by atomic mass is 16.6. The Labute approximate surface area is 120 Å². The minimum Gasteiger partial charge on any atom is -0.317 e. The van der Waals surface area contributed by atoms with Gasteiger partial charge in [-0.1, -0.05) is 0 Å². The predicted octanol–water partition coefficient (Wildman–Crippen LogP) is 1.59. The first-order chi connectivity index (χ1) is 9.97. The highest BCUT2D eigenvalue weighted by Gasteiger charge is 2.26. The maximum absolute atomic E-state index is 12.2. The van der Waals surface area contributed by atoms with E-state index < -0.39 is 10.8 Å². The fourth-order valence-corrected chi connectivity index (χ4v) is 1.94. The van der Waals surface area contributed by atoms with Crippen LogP contribution in [0.3, 0.4) is 0 Å². The minimum atomic E-state index is -0.618. The zero-order valence-corrected chi connectivity index (χ0v) is 12.0. The number of carbonyl (C=O) groups is 1. The van der Waals surface area contributed by atoms with Gasteiger partial charge in [0, 0.05) is 13.1 Å². The number of nitro groups is 1. The molecular formula is C12H16N6O3. The molecule has 0 saturated carbocycles. The van der Waals surface area contributed by atoms with E-state index in [1.54, 1.807) is 11.6 Å². The van der Waals surface area contributed by atoms with Crippen molar-refractivity contribution in [3.63, 3.8) is 0 Å². The van der Waals surface area contributed by atoms with Crippen molar-refractivity contribution in [3.8, 4) is 0 Å². The number of hydrogen-bond donors (Lipinski definition) is 1. The van der Waals surface area contributed by atoms with Crippen LogP contribution in [0.25, 0.3) is 0 Å². The molecule has 112 valence electrons. The van der Waals surface area contributed by atoms with Crippen LogP contribution in [0.4, 0.5) is 11.4 Å². The molecule has 0 saturated heterocycles. The molecule has 2 aromatic rings. The lowest BCUT2D eigenvalue weighted by Crippen LogP contribution is -2.15. The van der Waals surface area contributed by atoms with Crippen LogP contribution in [0.1, 0.15) is 30.0 Å². The summed E-state index contributed by atoms with van der Waals surface area (Å²) in [5.74, 6) is -0.618. The van der Waals surface area contributed by atoms with Gasteiger partial charge in [-0.2, -0.15) is 10.2 Å². The fraction of sp³-hybridized carbons (Fsp3) is 0.417. The summed E-state index contributed by atoms with van der Waals surface area (Å²) in [6.45, 7) is 6.64. The third kappa shape index (κ3) is 2.76. The zero-order chi connectivity index (χ0) is 15.6. The summed E-state index contributed by atoms with van der Waals surface area (Å²) in [4.78, 5) is 22.6. The number of aryl methyl sites for hydroxylation is 2. The van der Waals surface area contributed by atoms with E-state index in [1.807, 2.05) is 13.8 Å². The van der Waals surface area contributed by atoms with Crippen LogP contribution in [0.2, 0.25) is 0 Å². The number of carbonyl (C=O) groups excluding carboxylic acids is 1. The highest BCUT2D eigenvalue weighted by Crippen LogP contribution is 2.20. The van der Waals surface area contributed by atoms with Crippen LogP contribution in [0.5, 0.6) is 0 Å². The molecule has 0 radical (unpaired) electrons. The van der Waals surface area contributed by atoms with Crippen molar-refractivity contribution in [2.75, 3.05) is 5.32 Å². The lowest BCUT2D eigenvalue weighted by molar-refractivity contribution is -0.385. The molecule has 0 bridgehead atoms. The second-order valence-electron chi connectivity index (χ2n) is 4.39. The maximum atomic E-state index is 12.2. The molecule has 2 aromatic heterocycles. The van der Waals surface area contributed by atoms with Crippen LogP contribution in [-0.4, -0.2) is 30.4 Å². The maximum Gasteiger partial charge on any atom is 0.320 e. The quantitative estimate of drug-likeness (QED) is 0.665. The largest absolute Gasteiger partial charge is 0.320 e. The Bertz CT molecular complexity index is 687. The Morgan fingerprint density at radius 3 is 2.67 bits per heavy atom. The Morgan fingerprint density at radius 2 is 2.14 bits per heavy atom. The van der Waals surface area contributed by atoms with Crippen molar-refractivity contribution in [2.24, 2.45) is 0 Å². The molecule has 0 spiro atoms. The normalized spacial score (nSPS) is 10.6. The monoisotopic (exact) mass is 292 g/mol.